The number of hydrogen-bond donors (Lipinski definition) is 0. The Morgan fingerprint density at radius 2 is 2.29 bits per heavy atom. The van der Waals surface area contributed by atoms with Crippen molar-refractivity contribution in [2.24, 2.45) is 7.05 Å². The molecule has 0 radical (unpaired) electrons. The van der Waals surface area contributed by atoms with E-state index in [1.807, 2.05) is 0 Å². The quantitative estimate of drug-likeness (QED) is 0.580. The largest absolute Gasteiger partial charge is 0.298 e. The number of benzene rings is 1. The maximum absolute atomic E-state index is 10.7. The smallest absolute Gasteiger partial charge is 0.274 e. The highest BCUT2D eigenvalue weighted by Crippen LogP contribution is 2.28. The lowest BCUT2D eigenvalue weighted by atomic mass is 10.2. The summed E-state index contributed by atoms with van der Waals surface area (Å²) < 4.78 is 2.24. The van der Waals surface area contributed by atoms with E-state index in [2.05, 4.69) is 21.0 Å². The molecule has 0 N–H and O–H groups in total. The van der Waals surface area contributed by atoms with Gasteiger partial charge in [0.05, 0.1) is 4.92 Å². The maximum Gasteiger partial charge on any atom is 0.298 e. The third-order valence-electron chi connectivity index (χ3n) is 1.86. The second-order valence-corrected chi connectivity index (χ2v) is 3.84. The Hall–Kier alpha value is -1.43. The van der Waals surface area contributed by atoms with Crippen LogP contribution in [0.25, 0.3) is 10.9 Å². The Bertz CT molecular complexity index is 521. The first-order valence-electron chi connectivity index (χ1n) is 3.85. The van der Waals surface area contributed by atoms with Gasteiger partial charge in [-0.15, -0.1) is 0 Å². The summed E-state index contributed by atoms with van der Waals surface area (Å²) in [5.41, 5.74) is 0.440. The Morgan fingerprint density at radius 1 is 1.57 bits per heavy atom. The van der Waals surface area contributed by atoms with Crippen LogP contribution in [-0.4, -0.2) is 14.7 Å². The molecule has 0 fully saturated rings. The van der Waals surface area contributed by atoms with Crippen LogP contribution in [0.2, 0.25) is 0 Å². The van der Waals surface area contributed by atoms with Crippen molar-refractivity contribution in [1.29, 1.82) is 0 Å². The molecule has 0 bridgehead atoms. The minimum absolute atomic E-state index is 0.0231. The van der Waals surface area contributed by atoms with Gasteiger partial charge in [-0.25, -0.2) is 0 Å². The van der Waals surface area contributed by atoms with Gasteiger partial charge in [0.25, 0.3) is 5.69 Å². The standard InChI is InChI=1S/C8H6BrN3O2/c1-11-4-5-2-6(9)3-7(12(13)14)8(5)10-11/h2-4H,1H3. The molecule has 2 rings (SSSR count). The van der Waals surface area contributed by atoms with E-state index in [0.717, 1.165) is 5.39 Å². The normalized spacial score (nSPS) is 10.7. The average Bonchev–Trinajstić information content (AvgIpc) is 2.42. The summed E-state index contributed by atoms with van der Waals surface area (Å²) in [4.78, 5) is 10.3. The van der Waals surface area contributed by atoms with Crippen LogP contribution in [0.5, 0.6) is 0 Å². The molecule has 1 aromatic carbocycles. The minimum atomic E-state index is -0.430. The fourth-order valence-corrected chi connectivity index (χ4v) is 1.80. The summed E-state index contributed by atoms with van der Waals surface area (Å²) in [6, 6.07) is 3.25. The Labute approximate surface area is 87.6 Å². The highest BCUT2D eigenvalue weighted by Gasteiger charge is 2.15. The van der Waals surface area contributed by atoms with E-state index in [1.165, 1.54) is 6.07 Å². The summed E-state index contributed by atoms with van der Waals surface area (Å²) >= 11 is 3.22. The fourth-order valence-electron chi connectivity index (χ4n) is 1.34. The number of aromatic nitrogens is 2. The topological polar surface area (TPSA) is 61.0 Å². The zero-order valence-electron chi connectivity index (χ0n) is 7.27. The number of nitro benzene ring substituents is 1. The molecule has 0 aliphatic heterocycles. The van der Waals surface area contributed by atoms with Crippen LogP contribution in [0.1, 0.15) is 0 Å². The third-order valence-corrected chi connectivity index (χ3v) is 2.32. The monoisotopic (exact) mass is 255 g/mol. The van der Waals surface area contributed by atoms with Gasteiger partial charge in [0.15, 0.2) is 5.52 Å². The molecule has 0 saturated carbocycles. The van der Waals surface area contributed by atoms with Gasteiger partial charge in [-0.3, -0.25) is 14.8 Å². The van der Waals surface area contributed by atoms with Crippen LogP contribution in [0.4, 0.5) is 5.69 Å². The minimum Gasteiger partial charge on any atom is -0.274 e. The van der Waals surface area contributed by atoms with E-state index in [1.54, 1.807) is 24.0 Å². The van der Waals surface area contributed by atoms with Gasteiger partial charge >= 0.3 is 0 Å². The van der Waals surface area contributed by atoms with Gasteiger partial charge in [0, 0.05) is 29.2 Å². The molecule has 6 heteroatoms. The zero-order valence-corrected chi connectivity index (χ0v) is 8.85. The molecule has 2 aromatic rings. The Morgan fingerprint density at radius 3 is 2.93 bits per heavy atom. The number of fused-ring (bicyclic) bond motifs is 1. The second kappa shape index (κ2) is 3.06. The van der Waals surface area contributed by atoms with Gasteiger partial charge < -0.3 is 0 Å². The summed E-state index contributed by atoms with van der Waals surface area (Å²) in [5, 5.41) is 15.5. The van der Waals surface area contributed by atoms with Crippen LogP contribution >= 0.6 is 15.9 Å². The molecule has 0 amide bonds. The number of nitrogens with zero attached hydrogens (tertiary/aromatic N) is 3. The SMILES string of the molecule is Cn1cc2cc(Br)cc([N+](=O)[O-])c2n1. The molecule has 0 aliphatic rings. The molecule has 0 spiro atoms. The maximum atomic E-state index is 10.7. The number of hydrogen-bond acceptors (Lipinski definition) is 3. The number of non-ortho nitro benzene ring substituents is 1. The van der Waals surface area contributed by atoms with E-state index >= 15 is 0 Å². The van der Waals surface area contributed by atoms with E-state index < -0.39 is 4.92 Å². The molecule has 0 aliphatic carbocycles. The van der Waals surface area contributed by atoms with Gasteiger partial charge in [0.2, 0.25) is 0 Å². The summed E-state index contributed by atoms with van der Waals surface area (Å²) in [6.45, 7) is 0. The van der Waals surface area contributed by atoms with Crippen molar-refractivity contribution in [3.05, 3.63) is 32.9 Å². The van der Waals surface area contributed by atoms with Gasteiger partial charge in [-0.1, -0.05) is 15.9 Å². The second-order valence-electron chi connectivity index (χ2n) is 2.92. The van der Waals surface area contributed by atoms with Crippen LogP contribution in [0.3, 0.4) is 0 Å². The van der Waals surface area contributed by atoms with Crippen molar-refractivity contribution < 1.29 is 4.92 Å². The Balaban J connectivity index is 2.85. The van der Waals surface area contributed by atoms with E-state index in [-0.39, 0.29) is 5.69 Å². The highest BCUT2D eigenvalue weighted by atomic mass is 79.9. The fraction of sp³-hybridized carbons (Fsp3) is 0.125. The first-order chi connectivity index (χ1) is 6.58. The molecular formula is C8H6BrN3O2. The first-order valence-corrected chi connectivity index (χ1v) is 4.64. The zero-order chi connectivity index (χ0) is 10.3. The van der Waals surface area contributed by atoms with E-state index in [4.69, 9.17) is 0 Å². The van der Waals surface area contributed by atoms with E-state index in [9.17, 15) is 10.1 Å². The van der Waals surface area contributed by atoms with Crippen molar-refractivity contribution in [2.45, 2.75) is 0 Å². The predicted octanol–water partition coefficient (Wildman–Crippen LogP) is 2.24. The van der Waals surface area contributed by atoms with Crippen molar-refractivity contribution in [3.63, 3.8) is 0 Å². The third kappa shape index (κ3) is 1.37. The van der Waals surface area contributed by atoms with Crippen molar-refractivity contribution in [1.82, 2.24) is 9.78 Å². The number of rotatable bonds is 1. The number of aryl methyl sites for hydroxylation is 1. The molecule has 72 valence electrons. The number of nitro groups is 1. The molecule has 5 nitrogen and oxygen atoms in total. The molecule has 14 heavy (non-hydrogen) atoms. The van der Waals surface area contributed by atoms with Crippen LogP contribution in [0, 0.1) is 10.1 Å². The molecule has 1 heterocycles. The molecule has 1 aromatic heterocycles. The van der Waals surface area contributed by atoms with Gasteiger partial charge in [-0.05, 0) is 6.07 Å². The van der Waals surface area contributed by atoms with Gasteiger partial charge in [-0.2, -0.15) is 5.10 Å². The molecule has 0 atom stereocenters. The van der Waals surface area contributed by atoms with Crippen LogP contribution in [-0.2, 0) is 7.05 Å². The van der Waals surface area contributed by atoms with Gasteiger partial charge in [0.1, 0.15) is 0 Å². The van der Waals surface area contributed by atoms with Crippen molar-refractivity contribution in [2.75, 3.05) is 0 Å². The lowest BCUT2D eigenvalue weighted by Gasteiger charge is -1.93. The summed E-state index contributed by atoms with van der Waals surface area (Å²) in [7, 11) is 1.73. The number of halogens is 1. The highest BCUT2D eigenvalue weighted by molar-refractivity contribution is 9.10. The molecule has 0 saturated heterocycles. The summed E-state index contributed by atoms with van der Waals surface area (Å²) in [6.07, 6.45) is 1.74. The Kier molecular flexibility index (Phi) is 1.99. The summed E-state index contributed by atoms with van der Waals surface area (Å²) in [5.74, 6) is 0. The van der Waals surface area contributed by atoms with Crippen LogP contribution in [0.15, 0.2) is 22.8 Å². The lowest BCUT2D eigenvalue weighted by Crippen LogP contribution is -1.91. The van der Waals surface area contributed by atoms with Crippen molar-refractivity contribution in [3.8, 4) is 0 Å². The molecule has 0 unspecified atom stereocenters. The predicted molar refractivity (Wildman–Crippen MR) is 55.1 cm³/mol. The van der Waals surface area contributed by atoms with Crippen molar-refractivity contribution >= 4 is 32.5 Å². The van der Waals surface area contributed by atoms with E-state index in [0.29, 0.717) is 9.99 Å². The molecular weight excluding hydrogens is 250 g/mol. The lowest BCUT2D eigenvalue weighted by molar-refractivity contribution is -0.383. The first kappa shape index (κ1) is 9.14. The average molecular weight is 256 g/mol. The van der Waals surface area contributed by atoms with Crippen LogP contribution < -0.4 is 0 Å².